The van der Waals surface area contributed by atoms with Gasteiger partial charge in [-0.2, -0.15) is 0 Å². The largest absolute Gasteiger partial charge is 0.466 e. The Morgan fingerprint density at radius 1 is 1.47 bits per heavy atom. The number of para-hydroxylation sites is 2. The summed E-state index contributed by atoms with van der Waals surface area (Å²) in [6, 6.07) is 7.05. The third-order valence-corrected chi connectivity index (χ3v) is 3.31. The molecule has 1 aliphatic heterocycles. The van der Waals surface area contributed by atoms with Gasteiger partial charge < -0.3 is 15.4 Å². The van der Waals surface area contributed by atoms with Crippen molar-refractivity contribution in [2.75, 3.05) is 5.32 Å². The Balaban J connectivity index is 2.25. The molecule has 2 amide bonds. The summed E-state index contributed by atoms with van der Waals surface area (Å²) in [5.41, 5.74) is -0.945. The van der Waals surface area contributed by atoms with E-state index in [0.717, 1.165) is 6.42 Å². The Morgan fingerprint density at radius 3 is 2.84 bits per heavy atom. The summed E-state index contributed by atoms with van der Waals surface area (Å²) in [5, 5.41) is 5.47. The van der Waals surface area contributed by atoms with Crippen molar-refractivity contribution in [3.8, 4) is 5.75 Å². The van der Waals surface area contributed by atoms with Gasteiger partial charge in [-0.05, 0) is 32.4 Å². The van der Waals surface area contributed by atoms with Crippen molar-refractivity contribution < 1.29 is 14.3 Å². The van der Waals surface area contributed by atoms with Crippen molar-refractivity contribution in [2.45, 2.75) is 38.8 Å². The van der Waals surface area contributed by atoms with Crippen LogP contribution >= 0.6 is 0 Å². The van der Waals surface area contributed by atoms with Crippen molar-refractivity contribution >= 4 is 17.5 Å². The molecule has 1 aromatic carbocycles. The molecular weight excluding hydrogens is 244 g/mol. The van der Waals surface area contributed by atoms with Crippen LogP contribution in [0.15, 0.2) is 24.3 Å². The first-order valence-electron chi connectivity index (χ1n) is 6.38. The average molecular weight is 262 g/mol. The number of carbonyl (C=O) groups is 2. The van der Waals surface area contributed by atoms with Gasteiger partial charge in [0, 0.05) is 6.04 Å². The number of fused-ring (bicyclic) bond motifs is 1. The molecule has 0 bridgehead atoms. The van der Waals surface area contributed by atoms with E-state index in [1.54, 1.807) is 24.3 Å². The molecule has 2 atom stereocenters. The lowest BCUT2D eigenvalue weighted by molar-refractivity contribution is -0.147. The van der Waals surface area contributed by atoms with Gasteiger partial charge >= 0.3 is 0 Å². The molecule has 102 valence electrons. The minimum Gasteiger partial charge on any atom is -0.466 e. The first-order chi connectivity index (χ1) is 8.97. The topological polar surface area (TPSA) is 67.4 Å². The molecule has 1 aliphatic rings. The number of anilines is 1. The smallest absolute Gasteiger partial charge is 0.278 e. The summed E-state index contributed by atoms with van der Waals surface area (Å²) in [5.74, 6) is -0.371. The molecule has 1 heterocycles. The van der Waals surface area contributed by atoms with Gasteiger partial charge in [0.25, 0.3) is 17.4 Å². The molecule has 5 heteroatoms. The molecule has 0 fully saturated rings. The highest BCUT2D eigenvalue weighted by molar-refractivity contribution is 6.15. The van der Waals surface area contributed by atoms with Crippen molar-refractivity contribution in [3.05, 3.63) is 24.3 Å². The summed E-state index contributed by atoms with van der Waals surface area (Å²) in [4.78, 5) is 24.3. The predicted octanol–water partition coefficient (Wildman–Crippen LogP) is 1.69. The van der Waals surface area contributed by atoms with Crippen molar-refractivity contribution in [3.63, 3.8) is 0 Å². The fraction of sp³-hybridized carbons (Fsp3) is 0.429. The van der Waals surface area contributed by atoms with Crippen LogP contribution in [-0.2, 0) is 9.59 Å². The van der Waals surface area contributed by atoms with Gasteiger partial charge in [-0.3, -0.25) is 9.59 Å². The summed E-state index contributed by atoms with van der Waals surface area (Å²) in [6.45, 7) is 5.33. The second kappa shape index (κ2) is 4.91. The number of amides is 2. The molecule has 0 saturated heterocycles. The van der Waals surface area contributed by atoms with E-state index in [1.165, 1.54) is 6.92 Å². The predicted molar refractivity (Wildman–Crippen MR) is 72.0 cm³/mol. The highest BCUT2D eigenvalue weighted by Crippen LogP contribution is 2.33. The molecule has 0 saturated carbocycles. The maximum Gasteiger partial charge on any atom is 0.278 e. The van der Waals surface area contributed by atoms with E-state index in [1.807, 2.05) is 13.8 Å². The minimum absolute atomic E-state index is 0.00195. The summed E-state index contributed by atoms with van der Waals surface area (Å²) < 4.78 is 5.61. The lowest BCUT2D eigenvalue weighted by Crippen LogP contribution is -2.59. The third kappa shape index (κ3) is 2.41. The Morgan fingerprint density at radius 2 is 2.16 bits per heavy atom. The van der Waals surface area contributed by atoms with Gasteiger partial charge in [-0.1, -0.05) is 19.1 Å². The molecule has 2 unspecified atom stereocenters. The molecule has 1 aromatic rings. The van der Waals surface area contributed by atoms with Crippen LogP contribution in [0, 0.1) is 0 Å². The Hall–Kier alpha value is -2.04. The highest BCUT2D eigenvalue weighted by atomic mass is 16.5. The lowest BCUT2D eigenvalue weighted by atomic mass is 10.0. The van der Waals surface area contributed by atoms with Gasteiger partial charge in [0.2, 0.25) is 0 Å². The highest BCUT2D eigenvalue weighted by Gasteiger charge is 2.47. The monoisotopic (exact) mass is 262 g/mol. The number of hydrogen-bond acceptors (Lipinski definition) is 3. The molecule has 2 N–H and O–H groups in total. The van der Waals surface area contributed by atoms with E-state index >= 15 is 0 Å². The van der Waals surface area contributed by atoms with Crippen LogP contribution in [0.25, 0.3) is 0 Å². The zero-order valence-corrected chi connectivity index (χ0v) is 11.3. The van der Waals surface area contributed by atoms with E-state index in [2.05, 4.69) is 10.6 Å². The summed E-state index contributed by atoms with van der Waals surface area (Å²) in [7, 11) is 0. The third-order valence-electron chi connectivity index (χ3n) is 3.31. The first-order valence-corrected chi connectivity index (χ1v) is 6.38. The maximum absolute atomic E-state index is 12.2. The van der Waals surface area contributed by atoms with Crippen LogP contribution in [-0.4, -0.2) is 23.5 Å². The van der Waals surface area contributed by atoms with Crippen LogP contribution in [0.3, 0.4) is 0 Å². The molecule has 0 aliphatic carbocycles. The SMILES string of the molecule is CCC(C)NC(=O)C1(C)Oc2ccccc2NC1=O. The van der Waals surface area contributed by atoms with Crippen LogP contribution < -0.4 is 15.4 Å². The minimum atomic E-state index is -1.53. The fourth-order valence-corrected chi connectivity index (χ4v) is 1.78. The van der Waals surface area contributed by atoms with Crippen LogP contribution in [0.5, 0.6) is 5.75 Å². The number of rotatable bonds is 3. The Labute approximate surface area is 112 Å². The number of hydrogen-bond donors (Lipinski definition) is 2. The Bertz CT molecular complexity index is 515. The maximum atomic E-state index is 12.2. The number of carbonyl (C=O) groups excluding carboxylic acids is 2. The number of nitrogens with one attached hydrogen (secondary N) is 2. The van der Waals surface area contributed by atoms with Crippen LogP contribution in [0.1, 0.15) is 27.2 Å². The average Bonchev–Trinajstić information content (AvgIpc) is 2.39. The van der Waals surface area contributed by atoms with Gasteiger partial charge in [-0.15, -0.1) is 0 Å². The van der Waals surface area contributed by atoms with Gasteiger partial charge in [0.15, 0.2) is 0 Å². The number of benzene rings is 1. The van der Waals surface area contributed by atoms with E-state index in [0.29, 0.717) is 11.4 Å². The fourth-order valence-electron chi connectivity index (χ4n) is 1.78. The lowest BCUT2D eigenvalue weighted by Gasteiger charge is -2.33. The normalized spacial score (nSPS) is 22.8. The molecular formula is C14H18N2O3. The van der Waals surface area contributed by atoms with Crippen LogP contribution in [0.2, 0.25) is 0 Å². The second-order valence-electron chi connectivity index (χ2n) is 4.87. The van der Waals surface area contributed by atoms with Crippen LogP contribution in [0.4, 0.5) is 5.69 Å². The second-order valence-corrected chi connectivity index (χ2v) is 4.87. The van der Waals surface area contributed by atoms with Crippen molar-refractivity contribution in [2.24, 2.45) is 0 Å². The number of ether oxygens (including phenoxy) is 1. The molecule has 0 spiro atoms. The molecule has 0 aromatic heterocycles. The standard InChI is InChI=1S/C14H18N2O3/c1-4-9(2)15-12(17)14(3)13(18)16-10-7-5-6-8-11(10)19-14/h5-9H,4H2,1-3H3,(H,15,17)(H,16,18). The molecule has 5 nitrogen and oxygen atoms in total. The van der Waals surface area contributed by atoms with Crippen molar-refractivity contribution in [1.29, 1.82) is 0 Å². The zero-order chi connectivity index (χ0) is 14.0. The molecule has 0 radical (unpaired) electrons. The van der Waals surface area contributed by atoms with E-state index in [4.69, 9.17) is 4.74 Å². The van der Waals surface area contributed by atoms with E-state index in [-0.39, 0.29) is 6.04 Å². The van der Waals surface area contributed by atoms with E-state index in [9.17, 15) is 9.59 Å². The van der Waals surface area contributed by atoms with E-state index < -0.39 is 17.4 Å². The van der Waals surface area contributed by atoms with Gasteiger partial charge in [-0.25, -0.2) is 0 Å². The van der Waals surface area contributed by atoms with Crippen molar-refractivity contribution in [1.82, 2.24) is 5.32 Å². The first kappa shape index (κ1) is 13.4. The summed E-state index contributed by atoms with van der Waals surface area (Å²) in [6.07, 6.45) is 0.792. The molecule has 2 rings (SSSR count). The van der Waals surface area contributed by atoms with Gasteiger partial charge in [0.05, 0.1) is 5.69 Å². The Kier molecular flexibility index (Phi) is 3.46. The zero-order valence-electron chi connectivity index (χ0n) is 11.3. The quantitative estimate of drug-likeness (QED) is 0.815. The summed E-state index contributed by atoms with van der Waals surface area (Å²) >= 11 is 0. The molecule has 19 heavy (non-hydrogen) atoms. The van der Waals surface area contributed by atoms with Gasteiger partial charge in [0.1, 0.15) is 5.75 Å².